The molecule has 1 aliphatic carbocycles. The maximum atomic E-state index is 11.4. The summed E-state index contributed by atoms with van der Waals surface area (Å²) < 4.78 is 6.66. The van der Waals surface area contributed by atoms with Gasteiger partial charge in [0.1, 0.15) is 5.75 Å². The van der Waals surface area contributed by atoms with E-state index >= 15 is 0 Å². The van der Waals surface area contributed by atoms with Crippen LogP contribution in [0.3, 0.4) is 0 Å². The Hall–Kier alpha value is -2.10. The van der Waals surface area contributed by atoms with Gasteiger partial charge in [0.05, 0.1) is 12.8 Å². The van der Waals surface area contributed by atoms with Gasteiger partial charge in [-0.25, -0.2) is 4.68 Å². The fraction of sp³-hybridized carbons (Fsp3) is 0.333. The Kier molecular flexibility index (Phi) is 2.85. The normalized spacial score (nSPS) is 17.3. The number of benzene rings is 1. The lowest BCUT2D eigenvalue weighted by atomic mass is 10.0. The average molecular weight is 256 g/mol. The van der Waals surface area contributed by atoms with Crippen molar-refractivity contribution in [1.82, 2.24) is 9.78 Å². The van der Waals surface area contributed by atoms with Gasteiger partial charge in [-0.2, -0.15) is 5.10 Å². The van der Waals surface area contributed by atoms with E-state index in [9.17, 15) is 4.79 Å². The van der Waals surface area contributed by atoms with Crippen LogP contribution < -0.4 is 10.3 Å². The van der Waals surface area contributed by atoms with Crippen molar-refractivity contribution in [3.05, 3.63) is 57.5 Å². The molecule has 0 N–H and O–H groups in total. The predicted molar refractivity (Wildman–Crippen MR) is 72.6 cm³/mol. The number of hydrogen-bond donors (Lipinski definition) is 0. The van der Waals surface area contributed by atoms with E-state index in [4.69, 9.17) is 4.74 Å². The van der Waals surface area contributed by atoms with E-state index in [1.54, 1.807) is 20.2 Å². The van der Waals surface area contributed by atoms with Gasteiger partial charge in [-0.05, 0) is 42.2 Å². The topological polar surface area (TPSA) is 44.1 Å². The first-order valence-electron chi connectivity index (χ1n) is 6.37. The van der Waals surface area contributed by atoms with Gasteiger partial charge in [-0.1, -0.05) is 6.07 Å². The molecule has 4 nitrogen and oxygen atoms in total. The molecular formula is C15H16N2O2. The molecule has 1 aromatic carbocycles. The highest BCUT2D eigenvalue weighted by molar-refractivity contribution is 5.41. The molecular weight excluding hydrogens is 240 g/mol. The van der Waals surface area contributed by atoms with Crippen molar-refractivity contribution in [3.63, 3.8) is 0 Å². The summed E-state index contributed by atoms with van der Waals surface area (Å²) in [6.07, 6.45) is 1.93. The van der Waals surface area contributed by atoms with E-state index in [-0.39, 0.29) is 5.56 Å². The third kappa shape index (κ3) is 2.14. The first-order valence-corrected chi connectivity index (χ1v) is 6.37. The van der Waals surface area contributed by atoms with Crippen LogP contribution in [-0.4, -0.2) is 16.9 Å². The number of aromatic nitrogens is 2. The zero-order chi connectivity index (χ0) is 13.4. The molecule has 19 heavy (non-hydrogen) atoms. The molecule has 1 unspecified atom stereocenters. The maximum Gasteiger partial charge on any atom is 0.266 e. The van der Waals surface area contributed by atoms with Crippen LogP contribution in [0.5, 0.6) is 5.75 Å². The van der Waals surface area contributed by atoms with Crippen molar-refractivity contribution >= 4 is 0 Å². The second kappa shape index (κ2) is 4.53. The summed E-state index contributed by atoms with van der Waals surface area (Å²) in [6, 6.07) is 9.64. The van der Waals surface area contributed by atoms with Crippen LogP contribution >= 0.6 is 0 Å². The van der Waals surface area contributed by atoms with Gasteiger partial charge in [0.2, 0.25) is 0 Å². The molecule has 0 amide bonds. The minimum absolute atomic E-state index is 0.0686. The van der Waals surface area contributed by atoms with Crippen molar-refractivity contribution < 1.29 is 4.74 Å². The lowest BCUT2D eigenvalue weighted by Gasteiger charge is -2.08. The Morgan fingerprint density at radius 2 is 2.00 bits per heavy atom. The van der Waals surface area contributed by atoms with Crippen molar-refractivity contribution in [3.8, 4) is 5.75 Å². The smallest absolute Gasteiger partial charge is 0.266 e. The van der Waals surface area contributed by atoms with Crippen molar-refractivity contribution in [2.24, 2.45) is 7.05 Å². The van der Waals surface area contributed by atoms with Crippen LogP contribution in [-0.2, 0) is 19.9 Å². The number of nitrogens with zero attached hydrogens (tertiary/aromatic N) is 2. The monoisotopic (exact) mass is 256 g/mol. The number of hydrogen-bond acceptors (Lipinski definition) is 3. The molecule has 0 bridgehead atoms. The van der Waals surface area contributed by atoms with Crippen molar-refractivity contribution in [2.45, 2.75) is 18.8 Å². The summed E-state index contributed by atoms with van der Waals surface area (Å²) in [7, 11) is 3.37. The molecule has 0 saturated carbocycles. The zero-order valence-electron chi connectivity index (χ0n) is 11.1. The Labute approximate surface area is 111 Å². The third-order valence-corrected chi connectivity index (χ3v) is 3.75. The summed E-state index contributed by atoms with van der Waals surface area (Å²) in [5, 5.41) is 4.35. The van der Waals surface area contributed by atoms with Crippen molar-refractivity contribution in [1.29, 1.82) is 0 Å². The molecule has 0 fully saturated rings. The van der Waals surface area contributed by atoms with Gasteiger partial charge >= 0.3 is 0 Å². The second-order valence-electron chi connectivity index (χ2n) is 4.96. The minimum Gasteiger partial charge on any atom is -0.497 e. The van der Waals surface area contributed by atoms with E-state index in [0.29, 0.717) is 5.92 Å². The summed E-state index contributed by atoms with van der Waals surface area (Å²) in [4.78, 5) is 11.4. The molecule has 0 aliphatic heterocycles. The molecule has 1 heterocycles. The second-order valence-corrected chi connectivity index (χ2v) is 4.96. The molecule has 4 heteroatoms. The van der Waals surface area contributed by atoms with Crippen molar-refractivity contribution in [2.75, 3.05) is 7.11 Å². The maximum absolute atomic E-state index is 11.4. The van der Waals surface area contributed by atoms with Crippen LogP contribution in [0.15, 0.2) is 35.1 Å². The molecule has 98 valence electrons. The van der Waals surface area contributed by atoms with E-state index in [0.717, 1.165) is 24.3 Å². The van der Waals surface area contributed by atoms with E-state index in [2.05, 4.69) is 17.2 Å². The fourth-order valence-corrected chi connectivity index (χ4v) is 2.67. The van der Waals surface area contributed by atoms with Gasteiger partial charge in [0.15, 0.2) is 0 Å². The Morgan fingerprint density at radius 3 is 2.74 bits per heavy atom. The van der Waals surface area contributed by atoms with Gasteiger partial charge in [0.25, 0.3) is 5.56 Å². The van der Waals surface area contributed by atoms with Gasteiger partial charge in [-0.3, -0.25) is 4.79 Å². The van der Waals surface area contributed by atoms with Gasteiger partial charge in [0, 0.05) is 19.0 Å². The number of fused-ring (bicyclic) bond motifs is 1. The Bertz CT molecular complexity index is 676. The van der Waals surface area contributed by atoms with E-state index < -0.39 is 0 Å². The SMILES string of the molecule is COc1ccc2c(c1)CC(c1ccc(=O)n(C)n1)C2. The molecule has 0 radical (unpaired) electrons. The van der Waals surface area contributed by atoms with E-state index in [1.165, 1.54) is 15.8 Å². The lowest BCUT2D eigenvalue weighted by Crippen LogP contribution is -2.20. The standard InChI is InChI=1S/C15H16N2O2/c1-17-15(18)6-5-14(16-17)12-7-10-3-4-13(19-2)9-11(10)8-12/h3-6,9,12H,7-8H2,1-2H3. The van der Waals surface area contributed by atoms with Crippen LogP contribution in [0, 0.1) is 0 Å². The number of rotatable bonds is 2. The van der Waals surface area contributed by atoms with Gasteiger partial charge < -0.3 is 4.74 Å². The van der Waals surface area contributed by atoms with Crippen LogP contribution in [0.1, 0.15) is 22.7 Å². The van der Waals surface area contributed by atoms with Crippen LogP contribution in [0.2, 0.25) is 0 Å². The Morgan fingerprint density at radius 1 is 1.21 bits per heavy atom. The third-order valence-electron chi connectivity index (χ3n) is 3.75. The summed E-state index contributed by atoms with van der Waals surface area (Å²) in [5.41, 5.74) is 3.58. The van der Waals surface area contributed by atoms with Crippen LogP contribution in [0.25, 0.3) is 0 Å². The fourth-order valence-electron chi connectivity index (χ4n) is 2.67. The summed E-state index contributed by atoms with van der Waals surface area (Å²) >= 11 is 0. The molecule has 2 aromatic rings. The first-order chi connectivity index (χ1) is 9.17. The molecule has 1 aromatic heterocycles. The Balaban J connectivity index is 1.90. The zero-order valence-corrected chi connectivity index (χ0v) is 11.1. The predicted octanol–water partition coefficient (Wildman–Crippen LogP) is 1.67. The first kappa shape index (κ1) is 12.0. The highest BCUT2D eigenvalue weighted by atomic mass is 16.5. The molecule has 0 saturated heterocycles. The largest absolute Gasteiger partial charge is 0.497 e. The lowest BCUT2D eigenvalue weighted by molar-refractivity contribution is 0.414. The molecule has 1 aliphatic rings. The minimum atomic E-state index is -0.0686. The molecule has 0 spiro atoms. The molecule has 3 rings (SSSR count). The number of ether oxygens (including phenoxy) is 1. The highest BCUT2D eigenvalue weighted by Crippen LogP contribution is 2.34. The quantitative estimate of drug-likeness (QED) is 0.821. The van der Waals surface area contributed by atoms with Crippen LogP contribution in [0.4, 0.5) is 0 Å². The highest BCUT2D eigenvalue weighted by Gasteiger charge is 2.24. The van der Waals surface area contributed by atoms with Gasteiger partial charge in [-0.15, -0.1) is 0 Å². The number of methoxy groups -OCH3 is 1. The molecule has 1 atom stereocenters. The number of aryl methyl sites for hydroxylation is 1. The average Bonchev–Trinajstić information content (AvgIpc) is 2.84. The summed E-state index contributed by atoms with van der Waals surface area (Å²) in [6.45, 7) is 0. The summed E-state index contributed by atoms with van der Waals surface area (Å²) in [5.74, 6) is 1.25. The van der Waals surface area contributed by atoms with E-state index in [1.807, 2.05) is 12.1 Å².